The fraction of sp³-hybridized carbons (Fsp3) is 0.409. The van der Waals surface area contributed by atoms with E-state index < -0.39 is 0 Å². The summed E-state index contributed by atoms with van der Waals surface area (Å²) in [5, 5.41) is 3.91. The minimum Gasteiger partial charge on any atom is -0.497 e. The molecule has 4 nitrogen and oxygen atoms in total. The third kappa shape index (κ3) is 3.21. The average molecular weight is 350 g/mol. The molecule has 0 saturated carbocycles. The number of hydrogen-bond acceptors (Lipinski definition) is 4. The Morgan fingerprint density at radius 3 is 2.77 bits per heavy atom. The summed E-state index contributed by atoms with van der Waals surface area (Å²) in [5.41, 5.74) is 3.89. The highest BCUT2D eigenvalue weighted by atomic mass is 16.5. The van der Waals surface area contributed by atoms with E-state index in [1.54, 1.807) is 20.4 Å². The first-order valence-electron chi connectivity index (χ1n) is 9.37. The van der Waals surface area contributed by atoms with Crippen LogP contribution < -0.4 is 14.8 Å². The summed E-state index contributed by atoms with van der Waals surface area (Å²) in [6.07, 6.45) is 10.8. The number of ether oxygens (including phenoxy) is 2. The van der Waals surface area contributed by atoms with E-state index in [9.17, 15) is 0 Å². The van der Waals surface area contributed by atoms with Crippen molar-refractivity contribution >= 4 is 0 Å². The molecule has 1 aromatic carbocycles. The number of fused-ring (bicyclic) bond motifs is 1. The molecule has 136 valence electrons. The lowest BCUT2D eigenvalue weighted by Gasteiger charge is -2.39. The van der Waals surface area contributed by atoms with Crippen LogP contribution in [0.4, 0.5) is 0 Å². The summed E-state index contributed by atoms with van der Waals surface area (Å²) < 4.78 is 11.0. The quantitative estimate of drug-likeness (QED) is 0.831. The number of nitrogens with zero attached hydrogens (tertiary/aromatic N) is 1. The van der Waals surface area contributed by atoms with Crippen molar-refractivity contribution in [3.05, 3.63) is 65.4 Å². The summed E-state index contributed by atoms with van der Waals surface area (Å²) in [5.74, 6) is 2.24. The highest BCUT2D eigenvalue weighted by Gasteiger charge is 2.33. The van der Waals surface area contributed by atoms with E-state index in [1.165, 1.54) is 17.5 Å². The van der Waals surface area contributed by atoms with Crippen LogP contribution in [0.5, 0.6) is 11.6 Å². The number of hydrogen-bond donors (Lipinski definition) is 1. The van der Waals surface area contributed by atoms with Crippen molar-refractivity contribution in [2.24, 2.45) is 5.92 Å². The summed E-state index contributed by atoms with van der Waals surface area (Å²) in [6, 6.07) is 11.1. The predicted octanol–water partition coefficient (Wildman–Crippen LogP) is 4.38. The number of methoxy groups -OCH3 is 2. The second-order valence-corrected chi connectivity index (χ2v) is 7.11. The normalized spacial score (nSPS) is 24.8. The molecule has 2 aromatic rings. The van der Waals surface area contributed by atoms with Gasteiger partial charge in [0.05, 0.1) is 14.2 Å². The summed E-state index contributed by atoms with van der Waals surface area (Å²) in [4.78, 5) is 4.40. The first kappa shape index (κ1) is 17.1. The minimum atomic E-state index is 0.189. The number of allylic oxidation sites excluding steroid dienone is 2. The van der Waals surface area contributed by atoms with Crippen LogP contribution in [-0.4, -0.2) is 19.2 Å². The third-order valence-corrected chi connectivity index (χ3v) is 5.64. The molecule has 0 amide bonds. The number of aromatic nitrogens is 1. The van der Waals surface area contributed by atoms with E-state index in [0.29, 0.717) is 17.8 Å². The van der Waals surface area contributed by atoms with Crippen LogP contribution in [0, 0.1) is 5.92 Å². The fourth-order valence-corrected chi connectivity index (χ4v) is 4.32. The van der Waals surface area contributed by atoms with E-state index in [0.717, 1.165) is 30.6 Å². The molecule has 3 atom stereocenters. The monoisotopic (exact) mass is 350 g/mol. The molecule has 0 radical (unpaired) electrons. The van der Waals surface area contributed by atoms with Gasteiger partial charge in [-0.25, -0.2) is 4.98 Å². The SMILES string of the molecule is COc1ccc2c(c1)C[C@@H](c1cccnc1OC)N[C@H]2[C@@H]1CC=CCC1. The van der Waals surface area contributed by atoms with Crippen molar-refractivity contribution in [2.75, 3.05) is 14.2 Å². The van der Waals surface area contributed by atoms with E-state index in [1.807, 2.05) is 6.07 Å². The van der Waals surface area contributed by atoms with Gasteiger partial charge in [0.1, 0.15) is 5.75 Å². The van der Waals surface area contributed by atoms with E-state index in [2.05, 4.69) is 46.7 Å². The Morgan fingerprint density at radius 2 is 2.00 bits per heavy atom. The zero-order chi connectivity index (χ0) is 17.9. The van der Waals surface area contributed by atoms with Gasteiger partial charge < -0.3 is 14.8 Å². The van der Waals surface area contributed by atoms with Gasteiger partial charge >= 0.3 is 0 Å². The average Bonchev–Trinajstić information content (AvgIpc) is 2.73. The van der Waals surface area contributed by atoms with Gasteiger partial charge in [-0.2, -0.15) is 0 Å². The molecule has 0 bridgehead atoms. The molecule has 4 heteroatoms. The molecule has 0 saturated heterocycles. The minimum absolute atomic E-state index is 0.189. The van der Waals surface area contributed by atoms with Gasteiger partial charge in [-0.1, -0.05) is 24.3 Å². The van der Waals surface area contributed by atoms with Gasteiger partial charge in [0.2, 0.25) is 5.88 Å². The molecule has 0 fully saturated rings. The van der Waals surface area contributed by atoms with E-state index >= 15 is 0 Å². The standard InChI is InChI=1S/C22H26N2O2/c1-25-17-10-11-18-16(13-17)14-20(19-9-6-12-23-22(19)26-2)24-21(18)15-7-4-3-5-8-15/h3-4,6,9-13,15,20-21,24H,5,7-8,14H2,1-2H3/t15-,20+,21+/m1/s1. The Balaban J connectivity index is 1.73. The van der Waals surface area contributed by atoms with Crippen molar-refractivity contribution in [3.8, 4) is 11.6 Å². The molecule has 1 aromatic heterocycles. The molecule has 0 spiro atoms. The molecule has 26 heavy (non-hydrogen) atoms. The highest BCUT2D eigenvalue weighted by Crippen LogP contribution is 2.42. The van der Waals surface area contributed by atoms with Crippen LogP contribution >= 0.6 is 0 Å². The summed E-state index contributed by atoms with van der Waals surface area (Å²) >= 11 is 0. The number of pyridine rings is 1. The van der Waals surface area contributed by atoms with Crippen molar-refractivity contribution in [1.82, 2.24) is 10.3 Å². The van der Waals surface area contributed by atoms with Gasteiger partial charge in [-0.3, -0.25) is 0 Å². The van der Waals surface area contributed by atoms with Gasteiger partial charge in [0.25, 0.3) is 0 Å². The number of rotatable bonds is 4. The Labute approximate surface area is 155 Å². The second-order valence-electron chi connectivity index (χ2n) is 7.11. The maximum absolute atomic E-state index is 5.53. The van der Waals surface area contributed by atoms with Crippen molar-refractivity contribution in [3.63, 3.8) is 0 Å². The van der Waals surface area contributed by atoms with Crippen LogP contribution in [0.1, 0.15) is 48.0 Å². The molecule has 2 aliphatic rings. The van der Waals surface area contributed by atoms with Crippen LogP contribution in [0.15, 0.2) is 48.7 Å². The van der Waals surface area contributed by atoms with Gasteiger partial charge in [0.15, 0.2) is 0 Å². The molecule has 4 rings (SSSR count). The molecular weight excluding hydrogens is 324 g/mol. The molecule has 1 aliphatic heterocycles. The molecule has 2 heterocycles. The molecule has 0 unspecified atom stereocenters. The zero-order valence-electron chi connectivity index (χ0n) is 15.4. The largest absolute Gasteiger partial charge is 0.497 e. The van der Waals surface area contributed by atoms with Crippen LogP contribution in [-0.2, 0) is 6.42 Å². The molecule has 1 N–H and O–H groups in total. The Hall–Kier alpha value is -2.33. The van der Waals surface area contributed by atoms with Gasteiger partial charge in [-0.05, 0) is 60.9 Å². The first-order valence-corrected chi connectivity index (χ1v) is 9.37. The Bertz CT molecular complexity index is 802. The summed E-state index contributed by atoms with van der Waals surface area (Å²) in [7, 11) is 3.42. The van der Waals surface area contributed by atoms with Crippen LogP contribution in [0.3, 0.4) is 0 Å². The first-order chi connectivity index (χ1) is 12.8. The third-order valence-electron chi connectivity index (χ3n) is 5.64. The Kier molecular flexibility index (Phi) is 4.93. The van der Waals surface area contributed by atoms with Crippen molar-refractivity contribution in [1.29, 1.82) is 0 Å². The van der Waals surface area contributed by atoms with Crippen LogP contribution in [0.2, 0.25) is 0 Å². The van der Waals surface area contributed by atoms with E-state index in [4.69, 9.17) is 9.47 Å². The lowest BCUT2D eigenvalue weighted by Crippen LogP contribution is -2.38. The smallest absolute Gasteiger partial charge is 0.217 e. The maximum atomic E-state index is 5.53. The van der Waals surface area contributed by atoms with Crippen LogP contribution in [0.25, 0.3) is 0 Å². The molecular formula is C22H26N2O2. The number of benzene rings is 1. The topological polar surface area (TPSA) is 43.4 Å². The molecule has 1 aliphatic carbocycles. The summed E-state index contributed by atoms with van der Waals surface area (Å²) in [6.45, 7) is 0. The van der Waals surface area contributed by atoms with E-state index in [-0.39, 0.29) is 6.04 Å². The highest BCUT2D eigenvalue weighted by molar-refractivity contribution is 5.43. The fourth-order valence-electron chi connectivity index (χ4n) is 4.32. The predicted molar refractivity (Wildman–Crippen MR) is 103 cm³/mol. The zero-order valence-corrected chi connectivity index (χ0v) is 15.4. The lowest BCUT2D eigenvalue weighted by atomic mass is 9.78. The Morgan fingerprint density at radius 1 is 1.08 bits per heavy atom. The van der Waals surface area contributed by atoms with Crippen molar-refractivity contribution in [2.45, 2.75) is 37.8 Å². The maximum Gasteiger partial charge on any atom is 0.217 e. The van der Waals surface area contributed by atoms with Gasteiger partial charge in [-0.15, -0.1) is 0 Å². The second kappa shape index (κ2) is 7.50. The van der Waals surface area contributed by atoms with Gasteiger partial charge in [0, 0.05) is 23.8 Å². The number of nitrogens with one attached hydrogen (secondary N) is 1. The van der Waals surface area contributed by atoms with Crippen molar-refractivity contribution < 1.29 is 9.47 Å². The lowest BCUT2D eigenvalue weighted by molar-refractivity contribution is 0.282.